The summed E-state index contributed by atoms with van der Waals surface area (Å²) in [6, 6.07) is 7.36. The predicted molar refractivity (Wildman–Crippen MR) is 126 cm³/mol. The van der Waals surface area contributed by atoms with Gasteiger partial charge in [0, 0.05) is 24.0 Å². The first-order chi connectivity index (χ1) is 15.7. The van der Waals surface area contributed by atoms with Crippen LogP contribution in [0.2, 0.25) is 0 Å². The summed E-state index contributed by atoms with van der Waals surface area (Å²) in [6.45, 7) is 7.03. The van der Waals surface area contributed by atoms with Gasteiger partial charge in [0.05, 0.1) is 29.4 Å². The Kier molecular flexibility index (Phi) is 6.62. The molecule has 0 atom stereocenters. The Balaban J connectivity index is 1.58. The molecule has 1 N–H and O–H groups in total. The lowest BCUT2D eigenvalue weighted by atomic mass is 9.98. The van der Waals surface area contributed by atoms with E-state index in [2.05, 4.69) is 22.4 Å². The van der Waals surface area contributed by atoms with Gasteiger partial charge < -0.3 is 4.74 Å². The molecule has 10 heteroatoms. The van der Waals surface area contributed by atoms with E-state index in [9.17, 15) is 17.6 Å². The number of amides is 1. The normalized spacial score (nSPS) is 14.9. The van der Waals surface area contributed by atoms with Crippen molar-refractivity contribution in [1.82, 2.24) is 9.29 Å². The summed E-state index contributed by atoms with van der Waals surface area (Å²) in [5.74, 6) is -1.57. The molecule has 0 saturated carbocycles. The van der Waals surface area contributed by atoms with E-state index in [1.54, 1.807) is 0 Å². The van der Waals surface area contributed by atoms with Crippen molar-refractivity contribution in [3.8, 4) is 11.3 Å². The fraction of sp³-hybridized carbons (Fsp3) is 0.304. The molecule has 1 aliphatic heterocycles. The molecule has 1 fully saturated rings. The number of morpholine rings is 1. The van der Waals surface area contributed by atoms with Gasteiger partial charge in [0.25, 0.3) is 5.91 Å². The van der Waals surface area contributed by atoms with Gasteiger partial charge in [-0.3, -0.25) is 10.1 Å². The Morgan fingerprint density at radius 2 is 1.79 bits per heavy atom. The Bertz CT molecular complexity index is 1290. The molecule has 4 rings (SSSR count). The van der Waals surface area contributed by atoms with Crippen LogP contribution in [0.15, 0.2) is 40.6 Å². The lowest BCUT2D eigenvalue weighted by molar-refractivity contribution is 0.0730. The number of anilines is 1. The van der Waals surface area contributed by atoms with E-state index in [1.165, 1.54) is 21.7 Å². The number of rotatable bonds is 5. The predicted octanol–water partition coefficient (Wildman–Crippen LogP) is 4.15. The van der Waals surface area contributed by atoms with Gasteiger partial charge in [-0.2, -0.15) is 4.31 Å². The van der Waals surface area contributed by atoms with Crippen LogP contribution in [0.4, 0.5) is 9.52 Å². The highest BCUT2D eigenvalue weighted by molar-refractivity contribution is 7.89. The van der Waals surface area contributed by atoms with Crippen molar-refractivity contribution in [2.45, 2.75) is 25.7 Å². The smallest absolute Gasteiger partial charge is 0.260 e. The number of carbonyl (C=O) groups is 1. The molecule has 1 aromatic heterocycles. The summed E-state index contributed by atoms with van der Waals surface area (Å²) in [7, 11) is -3.86. The van der Waals surface area contributed by atoms with Crippen LogP contribution in [0, 0.1) is 26.6 Å². The highest BCUT2D eigenvalue weighted by Crippen LogP contribution is 2.31. The van der Waals surface area contributed by atoms with Gasteiger partial charge in [-0.25, -0.2) is 17.8 Å². The zero-order valence-corrected chi connectivity index (χ0v) is 20.1. The number of hydrogen-bond acceptors (Lipinski definition) is 6. The maximum Gasteiger partial charge on any atom is 0.260 e. The summed E-state index contributed by atoms with van der Waals surface area (Å²) < 4.78 is 46.7. The highest BCUT2D eigenvalue weighted by Gasteiger charge is 2.28. The van der Waals surface area contributed by atoms with Gasteiger partial charge >= 0.3 is 0 Å². The Hall–Kier alpha value is -2.66. The molecule has 0 radical (unpaired) electrons. The average Bonchev–Trinajstić information content (AvgIpc) is 3.21. The average molecular weight is 490 g/mol. The second kappa shape index (κ2) is 9.30. The molecule has 33 heavy (non-hydrogen) atoms. The summed E-state index contributed by atoms with van der Waals surface area (Å²) in [5, 5.41) is 4.73. The summed E-state index contributed by atoms with van der Waals surface area (Å²) in [6.07, 6.45) is 0. The topological polar surface area (TPSA) is 88.6 Å². The van der Waals surface area contributed by atoms with Crippen LogP contribution < -0.4 is 5.32 Å². The highest BCUT2D eigenvalue weighted by atomic mass is 32.2. The van der Waals surface area contributed by atoms with Crippen LogP contribution >= 0.6 is 11.3 Å². The minimum atomic E-state index is -3.86. The van der Waals surface area contributed by atoms with E-state index >= 15 is 0 Å². The van der Waals surface area contributed by atoms with Gasteiger partial charge in [0.2, 0.25) is 10.0 Å². The summed E-state index contributed by atoms with van der Waals surface area (Å²) >= 11 is 1.22. The van der Waals surface area contributed by atoms with Gasteiger partial charge in [0.15, 0.2) is 5.13 Å². The zero-order chi connectivity index (χ0) is 23.8. The molecule has 0 bridgehead atoms. The third-order valence-electron chi connectivity index (χ3n) is 5.45. The van der Waals surface area contributed by atoms with Gasteiger partial charge in [-0.15, -0.1) is 11.3 Å². The Morgan fingerprint density at radius 1 is 1.12 bits per heavy atom. The molecule has 1 amide bonds. The number of nitrogens with zero attached hydrogens (tertiary/aromatic N) is 2. The number of aryl methyl sites for hydroxylation is 3. The molecular weight excluding hydrogens is 465 g/mol. The standard InChI is InChI=1S/C23H24FN3O4S2/c1-14-10-15(2)21(16(3)11-14)20-13-32-23(25-20)26-22(28)18-12-17(4-5-19(18)24)33(29,30)27-6-8-31-9-7-27/h4-5,10-13H,6-9H2,1-3H3,(H,25,26,28). The van der Waals surface area contributed by atoms with E-state index < -0.39 is 21.7 Å². The van der Waals surface area contributed by atoms with Crippen LogP contribution in [-0.2, 0) is 14.8 Å². The van der Waals surface area contributed by atoms with Crippen LogP contribution in [-0.4, -0.2) is 49.9 Å². The second-order valence-corrected chi connectivity index (χ2v) is 10.7. The molecule has 0 aliphatic carbocycles. The first kappa shape index (κ1) is 23.5. The molecule has 3 aromatic rings. The monoisotopic (exact) mass is 489 g/mol. The molecule has 2 heterocycles. The van der Waals surface area contributed by atoms with E-state index in [-0.39, 0.29) is 23.5 Å². The van der Waals surface area contributed by atoms with Crippen molar-refractivity contribution >= 4 is 32.4 Å². The van der Waals surface area contributed by atoms with Crippen molar-refractivity contribution in [1.29, 1.82) is 0 Å². The van der Waals surface area contributed by atoms with Crippen LogP contribution in [0.3, 0.4) is 0 Å². The van der Waals surface area contributed by atoms with Crippen molar-refractivity contribution in [2.75, 3.05) is 31.6 Å². The number of carbonyl (C=O) groups excluding carboxylic acids is 1. The number of thiazole rings is 1. The van der Waals surface area contributed by atoms with Gasteiger partial charge in [-0.1, -0.05) is 17.7 Å². The van der Waals surface area contributed by atoms with Gasteiger partial charge in [-0.05, 0) is 50.1 Å². The lowest BCUT2D eigenvalue weighted by Gasteiger charge is -2.26. The van der Waals surface area contributed by atoms with Crippen LogP contribution in [0.5, 0.6) is 0 Å². The van der Waals surface area contributed by atoms with Crippen LogP contribution in [0.1, 0.15) is 27.0 Å². The largest absolute Gasteiger partial charge is 0.379 e. The molecular formula is C23H24FN3O4S2. The number of nitrogens with one attached hydrogen (secondary N) is 1. The number of aromatic nitrogens is 1. The number of benzene rings is 2. The maximum atomic E-state index is 14.5. The summed E-state index contributed by atoms with van der Waals surface area (Å²) in [4.78, 5) is 17.2. The van der Waals surface area contributed by atoms with E-state index in [1.807, 2.05) is 26.2 Å². The molecule has 1 saturated heterocycles. The first-order valence-electron chi connectivity index (χ1n) is 10.4. The lowest BCUT2D eigenvalue weighted by Crippen LogP contribution is -2.40. The third kappa shape index (κ3) is 4.84. The fourth-order valence-corrected chi connectivity index (χ4v) is 6.10. The number of sulfonamides is 1. The Labute approximate surface area is 196 Å². The van der Waals surface area contributed by atoms with Crippen molar-refractivity contribution < 1.29 is 22.3 Å². The number of ether oxygens (including phenoxy) is 1. The van der Waals surface area contributed by atoms with Crippen molar-refractivity contribution in [3.63, 3.8) is 0 Å². The second-order valence-electron chi connectivity index (χ2n) is 7.92. The van der Waals surface area contributed by atoms with Crippen molar-refractivity contribution in [3.05, 3.63) is 63.8 Å². The quantitative estimate of drug-likeness (QED) is 0.582. The third-order valence-corrected chi connectivity index (χ3v) is 8.10. The molecule has 7 nitrogen and oxygen atoms in total. The van der Waals surface area contributed by atoms with E-state index in [4.69, 9.17) is 4.74 Å². The van der Waals surface area contributed by atoms with Crippen LogP contribution in [0.25, 0.3) is 11.3 Å². The first-order valence-corrected chi connectivity index (χ1v) is 12.7. The summed E-state index contributed by atoms with van der Waals surface area (Å²) in [5.41, 5.74) is 4.64. The molecule has 1 aliphatic rings. The number of halogens is 1. The molecule has 0 unspecified atom stereocenters. The SMILES string of the molecule is Cc1cc(C)c(-c2csc(NC(=O)c3cc(S(=O)(=O)N4CCOCC4)ccc3F)n2)c(C)c1. The Morgan fingerprint density at radius 3 is 2.45 bits per heavy atom. The van der Waals surface area contributed by atoms with E-state index in [0.29, 0.717) is 18.3 Å². The number of hydrogen-bond donors (Lipinski definition) is 1. The van der Waals surface area contributed by atoms with Crippen molar-refractivity contribution in [2.24, 2.45) is 0 Å². The molecule has 2 aromatic carbocycles. The van der Waals surface area contributed by atoms with E-state index in [0.717, 1.165) is 40.1 Å². The molecule has 174 valence electrons. The molecule has 0 spiro atoms. The van der Waals surface area contributed by atoms with Gasteiger partial charge in [0.1, 0.15) is 5.82 Å². The minimum Gasteiger partial charge on any atom is -0.379 e. The zero-order valence-electron chi connectivity index (χ0n) is 18.5. The fourth-order valence-electron chi connectivity index (χ4n) is 3.97. The maximum absolute atomic E-state index is 14.5. The minimum absolute atomic E-state index is 0.137.